The Morgan fingerprint density at radius 2 is 1.96 bits per heavy atom. The highest BCUT2D eigenvalue weighted by Crippen LogP contribution is 2.26. The lowest BCUT2D eigenvalue weighted by atomic mass is 10.2. The van der Waals surface area contributed by atoms with Gasteiger partial charge in [-0.2, -0.15) is 5.10 Å². The molecule has 0 radical (unpaired) electrons. The van der Waals surface area contributed by atoms with Gasteiger partial charge in [0.25, 0.3) is 5.91 Å². The number of carbonyl (C=O) groups excluding carboxylic acids is 1. The van der Waals surface area contributed by atoms with Gasteiger partial charge >= 0.3 is 6.01 Å². The summed E-state index contributed by atoms with van der Waals surface area (Å²) in [5.41, 5.74) is 2.44. The molecule has 134 valence electrons. The van der Waals surface area contributed by atoms with Crippen molar-refractivity contribution < 1.29 is 9.53 Å². The van der Waals surface area contributed by atoms with Crippen LogP contribution in [0.5, 0.6) is 11.8 Å². The standard InChI is InChI=1S/C19H16N6O2/c1-12-4-6-14(10-16(12)27-19-20-8-3-9-21-19)23-18(26)15-7-5-13-11-22-25(2)17(13)24-15/h3-11H,1-2H3,(H,23,26). The van der Waals surface area contributed by atoms with Gasteiger partial charge in [0.15, 0.2) is 5.65 Å². The van der Waals surface area contributed by atoms with E-state index in [2.05, 4.69) is 25.4 Å². The fraction of sp³-hybridized carbons (Fsp3) is 0.105. The van der Waals surface area contributed by atoms with Gasteiger partial charge in [-0.1, -0.05) is 6.07 Å². The number of amides is 1. The lowest BCUT2D eigenvalue weighted by Gasteiger charge is -2.10. The molecule has 0 aliphatic heterocycles. The lowest BCUT2D eigenvalue weighted by Crippen LogP contribution is -2.14. The van der Waals surface area contributed by atoms with Crippen LogP contribution in [0.1, 0.15) is 16.1 Å². The van der Waals surface area contributed by atoms with Crippen molar-refractivity contribution in [2.24, 2.45) is 7.05 Å². The molecular weight excluding hydrogens is 344 g/mol. The molecule has 0 bridgehead atoms. The van der Waals surface area contributed by atoms with E-state index in [0.29, 0.717) is 22.8 Å². The third kappa shape index (κ3) is 3.45. The minimum atomic E-state index is -0.316. The van der Waals surface area contributed by atoms with E-state index in [-0.39, 0.29) is 11.9 Å². The predicted molar refractivity (Wildman–Crippen MR) is 99.7 cm³/mol. The molecule has 0 spiro atoms. The van der Waals surface area contributed by atoms with Gasteiger partial charge in [-0.15, -0.1) is 0 Å². The number of carbonyl (C=O) groups is 1. The molecule has 0 aliphatic carbocycles. The first-order valence-electron chi connectivity index (χ1n) is 8.26. The average molecular weight is 360 g/mol. The number of aryl methyl sites for hydroxylation is 2. The Labute approximate surface area is 154 Å². The quantitative estimate of drug-likeness (QED) is 0.601. The van der Waals surface area contributed by atoms with E-state index in [1.165, 1.54) is 0 Å². The summed E-state index contributed by atoms with van der Waals surface area (Å²) in [4.78, 5) is 25.0. The third-order valence-electron chi connectivity index (χ3n) is 4.00. The molecule has 1 aromatic carbocycles. The molecule has 0 saturated heterocycles. The van der Waals surface area contributed by atoms with Crippen molar-refractivity contribution in [3.63, 3.8) is 0 Å². The SMILES string of the molecule is Cc1ccc(NC(=O)c2ccc3cnn(C)c3n2)cc1Oc1ncccn1. The number of fused-ring (bicyclic) bond motifs is 1. The summed E-state index contributed by atoms with van der Waals surface area (Å²) in [5, 5.41) is 7.85. The number of aromatic nitrogens is 5. The van der Waals surface area contributed by atoms with Crippen LogP contribution in [-0.4, -0.2) is 30.6 Å². The summed E-state index contributed by atoms with van der Waals surface area (Å²) in [6.07, 6.45) is 4.91. The van der Waals surface area contributed by atoms with Crippen molar-refractivity contribution in [3.8, 4) is 11.8 Å². The molecule has 8 heteroatoms. The van der Waals surface area contributed by atoms with Gasteiger partial charge in [0.1, 0.15) is 11.4 Å². The largest absolute Gasteiger partial charge is 0.424 e. The van der Waals surface area contributed by atoms with Crippen molar-refractivity contribution in [1.82, 2.24) is 24.7 Å². The van der Waals surface area contributed by atoms with Crippen molar-refractivity contribution in [2.75, 3.05) is 5.32 Å². The second kappa shape index (κ2) is 6.83. The first kappa shape index (κ1) is 16.6. The van der Waals surface area contributed by atoms with Gasteiger partial charge in [0.2, 0.25) is 0 Å². The van der Waals surface area contributed by atoms with Crippen molar-refractivity contribution >= 4 is 22.6 Å². The van der Waals surface area contributed by atoms with E-state index in [1.807, 2.05) is 19.1 Å². The van der Waals surface area contributed by atoms with Crippen LogP contribution in [0.15, 0.2) is 55.0 Å². The number of hydrogen-bond acceptors (Lipinski definition) is 6. The monoisotopic (exact) mass is 360 g/mol. The van der Waals surface area contributed by atoms with Crippen molar-refractivity contribution in [2.45, 2.75) is 6.92 Å². The van der Waals surface area contributed by atoms with Crippen LogP contribution < -0.4 is 10.1 Å². The highest BCUT2D eigenvalue weighted by molar-refractivity contribution is 6.04. The van der Waals surface area contributed by atoms with Gasteiger partial charge in [-0.25, -0.2) is 15.0 Å². The molecule has 27 heavy (non-hydrogen) atoms. The van der Waals surface area contributed by atoms with Gasteiger partial charge < -0.3 is 10.1 Å². The smallest absolute Gasteiger partial charge is 0.321 e. The van der Waals surface area contributed by atoms with E-state index in [4.69, 9.17) is 4.74 Å². The molecule has 4 aromatic rings. The number of nitrogens with one attached hydrogen (secondary N) is 1. The van der Waals surface area contributed by atoms with Gasteiger partial charge in [0.05, 0.1) is 6.20 Å². The molecule has 1 amide bonds. The first-order chi connectivity index (χ1) is 13.1. The van der Waals surface area contributed by atoms with E-state index in [0.717, 1.165) is 10.9 Å². The van der Waals surface area contributed by atoms with E-state index in [9.17, 15) is 4.79 Å². The number of hydrogen-bond donors (Lipinski definition) is 1. The van der Waals surface area contributed by atoms with Crippen LogP contribution in [-0.2, 0) is 7.05 Å². The molecule has 0 atom stereocenters. The fourth-order valence-electron chi connectivity index (χ4n) is 2.57. The molecule has 3 aromatic heterocycles. The van der Waals surface area contributed by atoms with Crippen LogP contribution in [0.2, 0.25) is 0 Å². The highest BCUT2D eigenvalue weighted by atomic mass is 16.5. The highest BCUT2D eigenvalue weighted by Gasteiger charge is 2.12. The number of benzene rings is 1. The van der Waals surface area contributed by atoms with E-state index in [1.54, 1.807) is 54.6 Å². The summed E-state index contributed by atoms with van der Waals surface area (Å²) < 4.78 is 7.33. The minimum Gasteiger partial charge on any atom is -0.424 e. The first-order valence-corrected chi connectivity index (χ1v) is 8.26. The molecule has 4 rings (SSSR count). The second-order valence-electron chi connectivity index (χ2n) is 5.95. The number of anilines is 1. The third-order valence-corrected chi connectivity index (χ3v) is 4.00. The molecular formula is C19H16N6O2. The zero-order valence-corrected chi connectivity index (χ0v) is 14.7. The fourth-order valence-corrected chi connectivity index (χ4v) is 2.57. The lowest BCUT2D eigenvalue weighted by molar-refractivity contribution is 0.102. The van der Waals surface area contributed by atoms with Crippen LogP contribution in [0, 0.1) is 6.92 Å². The summed E-state index contributed by atoms with van der Waals surface area (Å²) >= 11 is 0. The number of ether oxygens (including phenoxy) is 1. The zero-order valence-electron chi connectivity index (χ0n) is 14.7. The second-order valence-corrected chi connectivity index (χ2v) is 5.95. The summed E-state index contributed by atoms with van der Waals surface area (Å²) in [5.74, 6) is 0.248. The van der Waals surface area contributed by atoms with Crippen LogP contribution in [0.3, 0.4) is 0 Å². The summed E-state index contributed by atoms with van der Waals surface area (Å²) in [6, 6.07) is 10.8. The molecule has 0 aliphatic rings. The summed E-state index contributed by atoms with van der Waals surface area (Å²) in [7, 11) is 1.78. The summed E-state index contributed by atoms with van der Waals surface area (Å²) in [6.45, 7) is 1.90. The van der Waals surface area contributed by atoms with Crippen LogP contribution >= 0.6 is 0 Å². The Morgan fingerprint density at radius 1 is 1.15 bits per heavy atom. The molecule has 3 heterocycles. The zero-order chi connectivity index (χ0) is 18.8. The molecule has 0 fully saturated rings. The van der Waals surface area contributed by atoms with E-state index < -0.39 is 0 Å². The molecule has 0 unspecified atom stereocenters. The molecule has 1 N–H and O–H groups in total. The molecule has 8 nitrogen and oxygen atoms in total. The van der Waals surface area contributed by atoms with Gasteiger partial charge in [-0.3, -0.25) is 9.48 Å². The van der Waals surface area contributed by atoms with Gasteiger partial charge in [0, 0.05) is 36.6 Å². The van der Waals surface area contributed by atoms with Crippen LogP contribution in [0.4, 0.5) is 5.69 Å². The Balaban J connectivity index is 1.57. The van der Waals surface area contributed by atoms with Crippen LogP contribution in [0.25, 0.3) is 11.0 Å². The van der Waals surface area contributed by atoms with Crippen molar-refractivity contribution in [3.05, 3.63) is 66.2 Å². The average Bonchev–Trinajstić information content (AvgIpc) is 3.06. The van der Waals surface area contributed by atoms with E-state index >= 15 is 0 Å². The minimum absolute atomic E-state index is 0.243. The maximum atomic E-state index is 12.6. The number of nitrogens with zero attached hydrogens (tertiary/aromatic N) is 5. The molecule has 0 saturated carbocycles. The predicted octanol–water partition coefficient (Wildman–Crippen LogP) is 3.11. The van der Waals surface area contributed by atoms with Crippen molar-refractivity contribution in [1.29, 1.82) is 0 Å². The van der Waals surface area contributed by atoms with Gasteiger partial charge in [-0.05, 0) is 36.8 Å². The maximum absolute atomic E-state index is 12.6. The Hall–Kier alpha value is -3.81. The number of rotatable bonds is 4. The Kier molecular flexibility index (Phi) is 4.21. The number of pyridine rings is 1. The Morgan fingerprint density at radius 3 is 2.78 bits per heavy atom. The maximum Gasteiger partial charge on any atom is 0.321 e. The normalized spacial score (nSPS) is 10.7. The topological polar surface area (TPSA) is 94.8 Å². The Bertz CT molecular complexity index is 1120.